The van der Waals surface area contributed by atoms with Crippen molar-refractivity contribution in [3.05, 3.63) is 0 Å². The maximum atomic E-state index is 12.4. The molecule has 19 heavy (non-hydrogen) atoms. The summed E-state index contributed by atoms with van der Waals surface area (Å²) in [6.45, 7) is 3.97. The molecule has 2 unspecified atom stereocenters. The number of amides is 1. The Labute approximate surface area is 116 Å². The SMILES string of the molecule is CC(O)C1CCN(C(=O)CC2(CN)CCCCC2)C1. The smallest absolute Gasteiger partial charge is 0.223 e. The standard InChI is InChI=1S/C15H28N2O2/c1-12(18)13-5-8-17(10-13)14(19)9-15(11-16)6-3-2-4-7-15/h12-13,18H,2-11,16H2,1H3. The molecule has 0 radical (unpaired) electrons. The highest BCUT2D eigenvalue weighted by Gasteiger charge is 2.36. The maximum absolute atomic E-state index is 12.4. The van der Waals surface area contributed by atoms with E-state index in [2.05, 4.69) is 0 Å². The van der Waals surface area contributed by atoms with Crippen molar-refractivity contribution in [2.75, 3.05) is 19.6 Å². The molecule has 2 fully saturated rings. The number of rotatable bonds is 4. The minimum Gasteiger partial charge on any atom is -0.393 e. The normalized spacial score (nSPS) is 28.4. The third-order valence-corrected chi connectivity index (χ3v) is 5.13. The number of aliphatic hydroxyl groups excluding tert-OH is 1. The lowest BCUT2D eigenvalue weighted by molar-refractivity contribution is -0.133. The number of aliphatic hydroxyl groups is 1. The van der Waals surface area contributed by atoms with Gasteiger partial charge in [0.25, 0.3) is 0 Å². The number of carbonyl (C=O) groups is 1. The Morgan fingerprint density at radius 1 is 1.42 bits per heavy atom. The van der Waals surface area contributed by atoms with Crippen molar-refractivity contribution in [2.45, 2.75) is 58.0 Å². The lowest BCUT2D eigenvalue weighted by Gasteiger charge is -2.36. The van der Waals surface area contributed by atoms with Gasteiger partial charge in [-0.1, -0.05) is 19.3 Å². The fraction of sp³-hybridized carbons (Fsp3) is 0.933. The van der Waals surface area contributed by atoms with Crippen LogP contribution in [0, 0.1) is 11.3 Å². The van der Waals surface area contributed by atoms with Crippen molar-refractivity contribution in [1.29, 1.82) is 0 Å². The molecule has 0 aromatic heterocycles. The van der Waals surface area contributed by atoms with E-state index in [1.807, 2.05) is 11.8 Å². The third-order valence-electron chi connectivity index (χ3n) is 5.13. The maximum Gasteiger partial charge on any atom is 0.223 e. The summed E-state index contributed by atoms with van der Waals surface area (Å²) in [5.41, 5.74) is 6.00. The molecule has 4 heteroatoms. The summed E-state index contributed by atoms with van der Waals surface area (Å²) in [6.07, 6.45) is 7.13. The molecule has 0 bridgehead atoms. The van der Waals surface area contributed by atoms with Crippen LogP contribution in [0.3, 0.4) is 0 Å². The fourth-order valence-corrected chi connectivity index (χ4v) is 3.60. The Hall–Kier alpha value is -0.610. The largest absolute Gasteiger partial charge is 0.393 e. The van der Waals surface area contributed by atoms with Gasteiger partial charge in [-0.25, -0.2) is 0 Å². The highest BCUT2D eigenvalue weighted by molar-refractivity contribution is 5.77. The molecule has 1 amide bonds. The van der Waals surface area contributed by atoms with Crippen LogP contribution < -0.4 is 5.73 Å². The summed E-state index contributed by atoms with van der Waals surface area (Å²) in [5.74, 6) is 0.500. The highest BCUT2D eigenvalue weighted by Crippen LogP contribution is 2.39. The van der Waals surface area contributed by atoms with Crippen LogP contribution >= 0.6 is 0 Å². The summed E-state index contributed by atoms with van der Waals surface area (Å²) in [6, 6.07) is 0. The van der Waals surface area contributed by atoms with Crippen LogP contribution in [0.2, 0.25) is 0 Å². The van der Waals surface area contributed by atoms with E-state index in [1.165, 1.54) is 19.3 Å². The zero-order chi connectivity index (χ0) is 13.9. The van der Waals surface area contributed by atoms with Gasteiger partial charge in [-0.2, -0.15) is 0 Å². The molecule has 2 aliphatic rings. The van der Waals surface area contributed by atoms with Crippen LogP contribution in [-0.4, -0.2) is 41.7 Å². The first-order valence-electron chi connectivity index (χ1n) is 7.72. The quantitative estimate of drug-likeness (QED) is 0.812. The van der Waals surface area contributed by atoms with Gasteiger partial charge in [-0.3, -0.25) is 4.79 Å². The Morgan fingerprint density at radius 3 is 2.63 bits per heavy atom. The minimum atomic E-state index is -0.309. The van der Waals surface area contributed by atoms with Crippen molar-refractivity contribution >= 4 is 5.91 Å². The highest BCUT2D eigenvalue weighted by atomic mass is 16.3. The van der Waals surface area contributed by atoms with Crippen LogP contribution in [0.4, 0.5) is 0 Å². The number of nitrogens with two attached hydrogens (primary N) is 1. The Morgan fingerprint density at radius 2 is 2.11 bits per heavy atom. The first-order valence-corrected chi connectivity index (χ1v) is 7.72. The van der Waals surface area contributed by atoms with Crippen LogP contribution in [0.25, 0.3) is 0 Å². The van der Waals surface area contributed by atoms with E-state index < -0.39 is 0 Å². The molecular formula is C15H28N2O2. The number of hydrogen-bond donors (Lipinski definition) is 2. The van der Waals surface area contributed by atoms with E-state index >= 15 is 0 Å². The van der Waals surface area contributed by atoms with E-state index in [4.69, 9.17) is 5.73 Å². The molecule has 0 aromatic carbocycles. The van der Waals surface area contributed by atoms with Crippen molar-refractivity contribution in [3.8, 4) is 0 Å². The van der Waals surface area contributed by atoms with Crippen LogP contribution in [0.5, 0.6) is 0 Å². The Kier molecular flexibility index (Phi) is 4.85. The molecule has 1 heterocycles. The molecule has 2 atom stereocenters. The first-order chi connectivity index (χ1) is 9.06. The average molecular weight is 268 g/mol. The monoisotopic (exact) mass is 268 g/mol. The summed E-state index contributed by atoms with van der Waals surface area (Å²) in [4.78, 5) is 14.4. The predicted octanol–water partition coefficient (Wildman–Crippen LogP) is 1.51. The van der Waals surface area contributed by atoms with Crippen LogP contribution in [0.15, 0.2) is 0 Å². The van der Waals surface area contributed by atoms with Gasteiger partial charge in [0.15, 0.2) is 0 Å². The lowest BCUT2D eigenvalue weighted by Crippen LogP contribution is -2.40. The third kappa shape index (κ3) is 3.48. The second-order valence-corrected chi connectivity index (χ2v) is 6.57. The molecule has 2 rings (SSSR count). The fourth-order valence-electron chi connectivity index (χ4n) is 3.60. The molecule has 1 aliphatic heterocycles. The number of hydrogen-bond acceptors (Lipinski definition) is 3. The van der Waals surface area contributed by atoms with Gasteiger partial charge >= 0.3 is 0 Å². The molecule has 110 valence electrons. The van der Waals surface area contributed by atoms with E-state index in [9.17, 15) is 9.90 Å². The van der Waals surface area contributed by atoms with Gasteiger partial charge in [0.05, 0.1) is 6.10 Å². The number of carbonyl (C=O) groups excluding carboxylic acids is 1. The zero-order valence-corrected chi connectivity index (χ0v) is 12.1. The summed E-state index contributed by atoms with van der Waals surface area (Å²) in [7, 11) is 0. The molecule has 1 saturated heterocycles. The Balaban J connectivity index is 1.90. The summed E-state index contributed by atoms with van der Waals surface area (Å²) >= 11 is 0. The van der Waals surface area contributed by atoms with Crippen molar-refractivity contribution < 1.29 is 9.90 Å². The molecule has 3 N–H and O–H groups in total. The van der Waals surface area contributed by atoms with Crippen LogP contribution in [0.1, 0.15) is 51.9 Å². The van der Waals surface area contributed by atoms with Crippen molar-refractivity contribution in [1.82, 2.24) is 4.90 Å². The van der Waals surface area contributed by atoms with E-state index in [-0.39, 0.29) is 23.3 Å². The second kappa shape index (κ2) is 6.23. The molecule has 1 aliphatic carbocycles. The van der Waals surface area contributed by atoms with E-state index in [0.29, 0.717) is 13.0 Å². The van der Waals surface area contributed by atoms with Gasteiger partial charge in [0, 0.05) is 25.4 Å². The van der Waals surface area contributed by atoms with Crippen LogP contribution in [-0.2, 0) is 4.79 Å². The first kappa shape index (κ1) is 14.8. The topological polar surface area (TPSA) is 66.6 Å². The van der Waals surface area contributed by atoms with E-state index in [1.54, 1.807) is 0 Å². The average Bonchev–Trinajstić information content (AvgIpc) is 2.89. The molecule has 4 nitrogen and oxygen atoms in total. The van der Waals surface area contributed by atoms with Crippen molar-refractivity contribution in [2.24, 2.45) is 17.1 Å². The van der Waals surface area contributed by atoms with Gasteiger partial charge < -0.3 is 15.7 Å². The van der Waals surface area contributed by atoms with E-state index in [0.717, 1.165) is 32.4 Å². The molecule has 0 spiro atoms. The molecule has 1 saturated carbocycles. The zero-order valence-electron chi connectivity index (χ0n) is 12.1. The van der Waals surface area contributed by atoms with Crippen molar-refractivity contribution in [3.63, 3.8) is 0 Å². The second-order valence-electron chi connectivity index (χ2n) is 6.57. The lowest BCUT2D eigenvalue weighted by atomic mass is 9.71. The minimum absolute atomic E-state index is 0.0538. The van der Waals surface area contributed by atoms with Gasteiger partial charge in [-0.05, 0) is 38.1 Å². The van der Waals surface area contributed by atoms with Gasteiger partial charge in [-0.15, -0.1) is 0 Å². The Bertz CT molecular complexity index is 311. The summed E-state index contributed by atoms with van der Waals surface area (Å²) < 4.78 is 0. The number of nitrogens with zero attached hydrogens (tertiary/aromatic N) is 1. The number of likely N-dealkylation sites (tertiary alicyclic amines) is 1. The molecule has 0 aromatic rings. The predicted molar refractivity (Wildman–Crippen MR) is 75.6 cm³/mol. The van der Waals surface area contributed by atoms with Gasteiger partial charge in [0.2, 0.25) is 5.91 Å². The van der Waals surface area contributed by atoms with Gasteiger partial charge in [0.1, 0.15) is 0 Å². The summed E-state index contributed by atoms with van der Waals surface area (Å²) in [5, 5.41) is 9.61. The molecular weight excluding hydrogens is 240 g/mol.